The van der Waals surface area contributed by atoms with E-state index >= 15 is 0 Å². The van der Waals surface area contributed by atoms with Crippen molar-refractivity contribution in [1.29, 1.82) is 0 Å². The van der Waals surface area contributed by atoms with Crippen LogP contribution in [0.4, 0.5) is 0 Å². The molecule has 4 nitrogen and oxygen atoms in total. The Morgan fingerprint density at radius 2 is 2.46 bits per heavy atom. The Morgan fingerprint density at radius 1 is 1.69 bits per heavy atom. The molecule has 4 heteroatoms. The molecule has 0 unspecified atom stereocenters. The topological polar surface area (TPSA) is 38.1 Å². The van der Waals surface area contributed by atoms with Crippen LogP contribution >= 0.6 is 0 Å². The molecule has 2 rings (SSSR count). The maximum absolute atomic E-state index is 11.5. The minimum Gasteiger partial charge on any atom is -0.341 e. The van der Waals surface area contributed by atoms with Crippen LogP contribution in [-0.4, -0.2) is 33.7 Å². The highest BCUT2D eigenvalue weighted by Crippen LogP contribution is 2.06. The number of likely N-dealkylation sites (tertiary alicyclic amines) is 1. The molecule has 2 heterocycles. The highest BCUT2D eigenvalue weighted by atomic mass is 16.2. The first kappa shape index (κ1) is 8.29. The number of amides is 1. The van der Waals surface area contributed by atoms with E-state index in [1.54, 1.807) is 10.9 Å². The van der Waals surface area contributed by atoms with Crippen LogP contribution in [-0.2, 0) is 11.3 Å². The third-order valence-electron chi connectivity index (χ3n) is 2.21. The second kappa shape index (κ2) is 3.20. The van der Waals surface area contributed by atoms with Gasteiger partial charge in [0, 0.05) is 25.4 Å². The van der Waals surface area contributed by atoms with Gasteiger partial charge >= 0.3 is 0 Å². The fraction of sp³-hybridized carbons (Fsp3) is 0.556. The molecule has 69 valence electrons. The van der Waals surface area contributed by atoms with E-state index in [2.05, 4.69) is 11.2 Å². The zero-order valence-electron chi connectivity index (χ0n) is 7.66. The van der Waals surface area contributed by atoms with E-state index < -0.39 is 0 Å². The summed E-state index contributed by atoms with van der Waals surface area (Å²) in [6, 6.07) is 2.93. The van der Waals surface area contributed by atoms with Gasteiger partial charge in [0.15, 0.2) is 0 Å². The molecular formula is C9H12N3O. The van der Waals surface area contributed by atoms with Crippen molar-refractivity contribution in [2.45, 2.75) is 19.9 Å². The van der Waals surface area contributed by atoms with E-state index in [1.165, 1.54) is 0 Å². The van der Waals surface area contributed by atoms with Gasteiger partial charge in [-0.2, -0.15) is 5.10 Å². The smallest absolute Gasteiger partial charge is 0.244 e. The molecule has 0 saturated carbocycles. The van der Waals surface area contributed by atoms with E-state index in [9.17, 15) is 4.79 Å². The molecule has 1 amide bonds. The van der Waals surface area contributed by atoms with Crippen molar-refractivity contribution in [2.75, 3.05) is 13.1 Å². The van der Waals surface area contributed by atoms with Gasteiger partial charge in [0.05, 0.1) is 5.69 Å². The van der Waals surface area contributed by atoms with Gasteiger partial charge in [-0.05, 0) is 13.3 Å². The molecule has 1 aliphatic rings. The molecule has 0 spiro atoms. The van der Waals surface area contributed by atoms with Gasteiger partial charge in [-0.3, -0.25) is 9.48 Å². The monoisotopic (exact) mass is 178 g/mol. The van der Waals surface area contributed by atoms with Crippen LogP contribution < -0.4 is 0 Å². The molecule has 0 aromatic carbocycles. The van der Waals surface area contributed by atoms with Gasteiger partial charge in [0.25, 0.3) is 0 Å². The average molecular weight is 178 g/mol. The molecule has 0 atom stereocenters. The Balaban J connectivity index is 1.93. The molecule has 1 radical (unpaired) electrons. The molecule has 0 bridgehead atoms. The third-order valence-corrected chi connectivity index (χ3v) is 2.21. The largest absolute Gasteiger partial charge is 0.341 e. The summed E-state index contributed by atoms with van der Waals surface area (Å²) in [5.41, 5.74) is 0.830. The Hall–Kier alpha value is -1.32. The normalized spacial score (nSPS) is 15.6. The van der Waals surface area contributed by atoms with Crippen LogP contribution in [0.1, 0.15) is 12.1 Å². The average Bonchev–Trinajstić information content (AvgIpc) is 2.31. The fourth-order valence-electron chi connectivity index (χ4n) is 1.30. The maximum Gasteiger partial charge on any atom is 0.244 e. The quantitative estimate of drug-likeness (QED) is 0.650. The zero-order chi connectivity index (χ0) is 9.26. The summed E-state index contributed by atoms with van der Waals surface area (Å²) in [5, 5.41) is 4.11. The summed E-state index contributed by atoms with van der Waals surface area (Å²) in [4.78, 5) is 13.3. The molecule has 0 N–H and O–H groups in total. The van der Waals surface area contributed by atoms with Gasteiger partial charge in [0.1, 0.15) is 6.54 Å². The number of hydrogen-bond donors (Lipinski definition) is 0. The summed E-state index contributed by atoms with van der Waals surface area (Å²) < 4.78 is 1.63. The highest BCUT2D eigenvalue weighted by Gasteiger charge is 2.20. The summed E-state index contributed by atoms with van der Waals surface area (Å²) in [5.74, 6) is 0.155. The van der Waals surface area contributed by atoms with E-state index in [4.69, 9.17) is 0 Å². The van der Waals surface area contributed by atoms with Crippen LogP contribution in [0.5, 0.6) is 0 Å². The molecule has 1 fully saturated rings. The lowest BCUT2D eigenvalue weighted by molar-refractivity contribution is -0.135. The van der Waals surface area contributed by atoms with E-state index in [0.717, 1.165) is 25.2 Å². The molecular weight excluding hydrogens is 166 g/mol. The number of carbonyl (C=O) groups excluding carboxylic acids is 1. The minimum absolute atomic E-state index is 0.155. The first-order chi connectivity index (χ1) is 6.25. The molecule has 1 aliphatic heterocycles. The van der Waals surface area contributed by atoms with Crippen molar-refractivity contribution in [3.8, 4) is 0 Å². The lowest BCUT2D eigenvalue weighted by atomic mass is 10.2. The molecule has 13 heavy (non-hydrogen) atoms. The van der Waals surface area contributed by atoms with Gasteiger partial charge in [-0.15, -0.1) is 0 Å². The van der Waals surface area contributed by atoms with E-state index in [1.807, 2.05) is 11.8 Å². The Labute approximate surface area is 77.1 Å². The first-order valence-corrected chi connectivity index (χ1v) is 4.45. The van der Waals surface area contributed by atoms with Crippen LogP contribution in [0.2, 0.25) is 0 Å². The van der Waals surface area contributed by atoms with Crippen molar-refractivity contribution >= 4 is 5.91 Å². The Morgan fingerprint density at radius 3 is 2.92 bits per heavy atom. The minimum atomic E-state index is 0.155. The second-order valence-electron chi connectivity index (χ2n) is 3.29. The van der Waals surface area contributed by atoms with Crippen molar-refractivity contribution in [2.24, 2.45) is 0 Å². The van der Waals surface area contributed by atoms with Crippen LogP contribution in [0, 0.1) is 13.0 Å². The van der Waals surface area contributed by atoms with Crippen molar-refractivity contribution in [3.63, 3.8) is 0 Å². The van der Waals surface area contributed by atoms with E-state index in [0.29, 0.717) is 6.54 Å². The summed E-state index contributed by atoms with van der Waals surface area (Å²) in [6.45, 7) is 4.03. The van der Waals surface area contributed by atoms with Gasteiger partial charge < -0.3 is 4.90 Å². The highest BCUT2D eigenvalue weighted by molar-refractivity contribution is 5.76. The van der Waals surface area contributed by atoms with Gasteiger partial charge in [-0.25, -0.2) is 0 Å². The standard InChI is InChI=1S/C9H12N3O/c1-8-3-6-12(10-8)7-9(13)11-4-2-5-11/h6H,2,4-5,7H2,1H3. The molecule has 1 aromatic rings. The Bertz CT molecular complexity index is 314. The number of aromatic nitrogens is 2. The van der Waals surface area contributed by atoms with Crippen molar-refractivity contribution < 1.29 is 4.79 Å². The Kier molecular flexibility index (Phi) is 2.04. The predicted octanol–water partition coefficient (Wildman–Crippen LogP) is 0.224. The van der Waals surface area contributed by atoms with E-state index in [-0.39, 0.29) is 5.91 Å². The first-order valence-electron chi connectivity index (χ1n) is 4.45. The van der Waals surface area contributed by atoms with Crippen molar-refractivity contribution in [3.05, 3.63) is 18.0 Å². The maximum atomic E-state index is 11.5. The molecule has 1 saturated heterocycles. The van der Waals surface area contributed by atoms with Gasteiger partial charge in [0.2, 0.25) is 5.91 Å². The zero-order valence-corrected chi connectivity index (χ0v) is 7.66. The summed E-state index contributed by atoms with van der Waals surface area (Å²) >= 11 is 0. The number of aryl methyl sites for hydroxylation is 1. The number of rotatable bonds is 2. The number of nitrogens with zero attached hydrogens (tertiary/aromatic N) is 3. The molecule has 1 aromatic heterocycles. The van der Waals surface area contributed by atoms with Crippen LogP contribution in [0.15, 0.2) is 6.20 Å². The number of carbonyl (C=O) groups is 1. The second-order valence-corrected chi connectivity index (χ2v) is 3.29. The predicted molar refractivity (Wildman–Crippen MR) is 47.0 cm³/mol. The summed E-state index contributed by atoms with van der Waals surface area (Å²) in [7, 11) is 0. The lowest BCUT2D eigenvalue weighted by Gasteiger charge is -2.30. The molecule has 0 aliphatic carbocycles. The third kappa shape index (κ3) is 1.71. The summed E-state index contributed by atoms with van der Waals surface area (Å²) in [6.07, 6.45) is 2.85. The van der Waals surface area contributed by atoms with Crippen molar-refractivity contribution in [1.82, 2.24) is 14.7 Å². The van der Waals surface area contributed by atoms with Crippen LogP contribution in [0.3, 0.4) is 0 Å². The van der Waals surface area contributed by atoms with Crippen LogP contribution in [0.25, 0.3) is 0 Å². The SMILES string of the molecule is Cc1[c]cn(CC(=O)N2CCC2)n1. The number of hydrogen-bond acceptors (Lipinski definition) is 2. The fourth-order valence-corrected chi connectivity index (χ4v) is 1.30. The van der Waals surface area contributed by atoms with Gasteiger partial charge in [-0.1, -0.05) is 0 Å². The lowest BCUT2D eigenvalue weighted by Crippen LogP contribution is -2.43.